The highest BCUT2D eigenvalue weighted by atomic mass is 16.3. The summed E-state index contributed by atoms with van der Waals surface area (Å²) in [6, 6.07) is 5.54. The van der Waals surface area contributed by atoms with Crippen LogP contribution in [0.5, 0.6) is 0 Å². The smallest absolute Gasteiger partial charge is 0.0713 e. The topological polar surface area (TPSA) is 63.5 Å². The zero-order valence-electron chi connectivity index (χ0n) is 8.01. The molecule has 1 atom stereocenters. The van der Waals surface area contributed by atoms with E-state index < -0.39 is 0 Å². The van der Waals surface area contributed by atoms with Crippen LogP contribution in [-0.2, 0) is 0 Å². The summed E-state index contributed by atoms with van der Waals surface area (Å²) >= 11 is 0. The molecule has 0 saturated carbocycles. The van der Waals surface area contributed by atoms with E-state index in [0.717, 1.165) is 16.8 Å². The van der Waals surface area contributed by atoms with Crippen molar-refractivity contribution in [1.29, 1.82) is 0 Å². The molecule has 2 rings (SSSR count). The second-order valence-electron chi connectivity index (χ2n) is 3.35. The fourth-order valence-corrected chi connectivity index (χ4v) is 1.55. The first kappa shape index (κ1) is 9.18. The van der Waals surface area contributed by atoms with Crippen LogP contribution in [-0.4, -0.2) is 21.3 Å². The van der Waals surface area contributed by atoms with Gasteiger partial charge < -0.3 is 10.8 Å². The maximum absolute atomic E-state index is 8.97. The molecule has 2 aromatic rings. The Balaban J connectivity index is 2.63. The normalized spacial score (nSPS) is 13.4. The van der Waals surface area contributed by atoms with Crippen molar-refractivity contribution < 1.29 is 5.11 Å². The number of aliphatic hydroxyl groups is 1. The molecule has 74 valence electrons. The Labute approximate surface area is 82.0 Å². The quantitative estimate of drug-likeness (QED) is 0.732. The Morgan fingerprint density at radius 2 is 2.36 bits per heavy atom. The standard InChI is InChI=1S/C10H13N3O/c1-7-3-2-4-10-8(9(11)6-14)5-12-13(7)10/h2-5,9,14H,6,11H2,1H3. The lowest BCUT2D eigenvalue weighted by Gasteiger charge is -2.05. The molecule has 4 heteroatoms. The van der Waals surface area contributed by atoms with Crippen LogP contribution < -0.4 is 5.73 Å². The Bertz CT molecular complexity index is 450. The minimum absolute atomic E-state index is 0.0602. The minimum Gasteiger partial charge on any atom is -0.394 e. The number of hydrogen-bond donors (Lipinski definition) is 2. The van der Waals surface area contributed by atoms with Gasteiger partial charge in [-0.3, -0.25) is 0 Å². The van der Waals surface area contributed by atoms with Crippen LogP contribution >= 0.6 is 0 Å². The molecule has 1 unspecified atom stereocenters. The summed E-state index contributed by atoms with van der Waals surface area (Å²) in [6.07, 6.45) is 1.71. The highest BCUT2D eigenvalue weighted by molar-refractivity contribution is 5.55. The van der Waals surface area contributed by atoms with E-state index >= 15 is 0 Å². The first-order chi connectivity index (χ1) is 6.74. The van der Waals surface area contributed by atoms with Crippen LogP contribution in [0.15, 0.2) is 24.4 Å². The molecule has 4 nitrogen and oxygen atoms in total. The van der Waals surface area contributed by atoms with Gasteiger partial charge in [0.2, 0.25) is 0 Å². The zero-order chi connectivity index (χ0) is 10.1. The van der Waals surface area contributed by atoms with Gasteiger partial charge in [-0.1, -0.05) is 6.07 Å². The van der Waals surface area contributed by atoms with E-state index in [-0.39, 0.29) is 12.6 Å². The first-order valence-electron chi connectivity index (χ1n) is 4.53. The molecule has 0 aliphatic rings. The summed E-state index contributed by atoms with van der Waals surface area (Å²) in [7, 11) is 0. The molecule has 0 fully saturated rings. The number of nitrogens with zero attached hydrogens (tertiary/aromatic N) is 2. The Hall–Kier alpha value is -1.39. The van der Waals surface area contributed by atoms with Crippen molar-refractivity contribution in [2.75, 3.05) is 6.61 Å². The lowest BCUT2D eigenvalue weighted by Crippen LogP contribution is -2.14. The second kappa shape index (κ2) is 3.40. The van der Waals surface area contributed by atoms with Crippen molar-refractivity contribution in [1.82, 2.24) is 9.61 Å². The minimum atomic E-state index is -0.353. The highest BCUT2D eigenvalue weighted by Crippen LogP contribution is 2.17. The predicted octanol–water partition coefficient (Wildman–Crippen LogP) is 0.635. The van der Waals surface area contributed by atoms with E-state index in [1.165, 1.54) is 0 Å². The molecule has 3 N–H and O–H groups in total. The molecule has 2 aromatic heterocycles. The molecule has 14 heavy (non-hydrogen) atoms. The Morgan fingerprint density at radius 1 is 1.57 bits per heavy atom. The van der Waals surface area contributed by atoms with Gasteiger partial charge in [0.25, 0.3) is 0 Å². The van der Waals surface area contributed by atoms with Crippen molar-refractivity contribution in [2.45, 2.75) is 13.0 Å². The number of aryl methyl sites for hydroxylation is 1. The van der Waals surface area contributed by atoms with Crippen LogP contribution in [0.2, 0.25) is 0 Å². The number of aliphatic hydroxyl groups excluding tert-OH is 1. The van der Waals surface area contributed by atoms with Crippen molar-refractivity contribution in [3.8, 4) is 0 Å². The van der Waals surface area contributed by atoms with E-state index in [2.05, 4.69) is 5.10 Å². The van der Waals surface area contributed by atoms with E-state index in [0.29, 0.717) is 0 Å². The molecular formula is C10H13N3O. The van der Waals surface area contributed by atoms with Crippen molar-refractivity contribution in [3.05, 3.63) is 35.7 Å². The average molecular weight is 191 g/mol. The van der Waals surface area contributed by atoms with E-state index in [1.54, 1.807) is 6.20 Å². The number of hydrogen-bond acceptors (Lipinski definition) is 3. The van der Waals surface area contributed by atoms with Crippen LogP contribution in [0.3, 0.4) is 0 Å². The van der Waals surface area contributed by atoms with Gasteiger partial charge in [0.15, 0.2) is 0 Å². The van der Waals surface area contributed by atoms with Gasteiger partial charge in [-0.05, 0) is 19.1 Å². The fraction of sp³-hybridized carbons (Fsp3) is 0.300. The highest BCUT2D eigenvalue weighted by Gasteiger charge is 2.11. The number of fused-ring (bicyclic) bond motifs is 1. The van der Waals surface area contributed by atoms with Gasteiger partial charge in [-0.25, -0.2) is 4.52 Å². The summed E-state index contributed by atoms with van der Waals surface area (Å²) in [5, 5.41) is 13.2. The van der Waals surface area contributed by atoms with Crippen molar-refractivity contribution >= 4 is 5.52 Å². The maximum atomic E-state index is 8.97. The third kappa shape index (κ3) is 1.29. The Kier molecular flexibility index (Phi) is 2.23. The summed E-state index contributed by atoms with van der Waals surface area (Å²) in [4.78, 5) is 0. The van der Waals surface area contributed by atoms with E-state index in [9.17, 15) is 0 Å². The molecule has 0 amide bonds. The van der Waals surface area contributed by atoms with Gasteiger partial charge in [-0.2, -0.15) is 5.10 Å². The van der Waals surface area contributed by atoms with E-state index in [1.807, 2.05) is 29.6 Å². The molecule has 2 heterocycles. The summed E-state index contributed by atoms with van der Waals surface area (Å²) in [6.45, 7) is 1.92. The molecule has 0 spiro atoms. The Morgan fingerprint density at radius 3 is 3.07 bits per heavy atom. The first-order valence-corrected chi connectivity index (χ1v) is 4.53. The number of aromatic nitrogens is 2. The average Bonchev–Trinajstić information content (AvgIpc) is 2.62. The third-order valence-corrected chi connectivity index (χ3v) is 2.36. The lowest BCUT2D eigenvalue weighted by atomic mass is 10.1. The van der Waals surface area contributed by atoms with Crippen LogP contribution in [0, 0.1) is 6.92 Å². The number of pyridine rings is 1. The molecule has 0 aliphatic heterocycles. The molecule has 0 bridgehead atoms. The van der Waals surface area contributed by atoms with Crippen LogP contribution in [0.4, 0.5) is 0 Å². The summed E-state index contributed by atoms with van der Waals surface area (Å²) in [5.41, 5.74) is 8.66. The number of nitrogens with two attached hydrogens (primary N) is 1. The van der Waals surface area contributed by atoms with Gasteiger partial charge >= 0.3 is 0 Å². The fourth-order valence-electron chi connectivity index (χ4n) is 1.55. The second-order valence-corrected chi connectivity index (χ2v) is 3.35. The zero-order valence-corrected chi connectivity index (χ0v) is 8.01. The summed E-state index contributed by atoms with van der Waals surface area (Å²) < 4.78 is 1.82. The molecule has 0 aromatic carbocycles. The predicted molar refractivity (Wildman–Crippen MR) is 53.9 cm³/mol. The largest absolute Gasteiger partial charge is 0.394 e. The molecule has 0 aliphatic carbocycles. The number of rotatable bonds is 2. The van der Waals surface area contributed by atoms with Crippen molar-refractivity contribution in [2.24, 2.45) is 5.73 Å². The molecule has 0 saturated heterocycles. The van der Waals surface area contributed by atoms with Gasteiger partial charge in [0, 0.05) is 11.3 Å². The van der Waals surface area contributed by atoms with Gasteiger partial charge in [0.05, 0.1) is 24.4 Å². The summed E-state index contributed by atoms with van der Waals surface area (Å²) in [5.74, 6) is 0. The van der Waals surface area contributed by atoms with Crippen LogP contribution in [0.1, 0.15) is 17.3 Å². The maximum Gasteiger partial charge on any atom is 0.0713 e. The molecule has 0 radical (unpaired) electrons. The lowest BCUT2D eigenvalue weighted by molar-refractivity contribution is 0.268. The van der Waals surface area contributed by atoms with Gasteiger partial charge in [-0.15, -0.1) is 0 Å². The van der Waals surface area contributed by atoms with Crippen molar-refractivity contribution in [3.63, 3.8) is 0 Å². The third-order valence-electron chi connectivity index (χ3n) is 2.36. The van der Waals surface area contributed by atoms with Gasteiger partial charge in [0.1, 0.15) is 0 Å². The SMILES string of the molecule is Cc1cccc2c(C(N)CO)cnn12. The monoisotopic (exact) mass is 191 g/mol. The molecular weight excluding hydrogens is 178 g/mol. The van der Waals surface area contributed by atoms with Crippen LogP contribution in [0.25, 0.3) is 5.52 Å². The van der Waals surface area contributed by atoms with E-state index in [4.69, 9.17) is 10.8 Å².